The van der Waals surface area contributed by atoms with Gasteiger partial charge in [0, 0.05) is 18.0 Å². The van der Waals surface area contributed by atoms with Gasteiger partial charge in [-0.1, -0.05) is 6.08 Å². The molecular weight excluding hydrogens is 178 g/mol. The third-order valence-electron chi connectivity index (χ3n) is 2.06. The van der Waals surface area contributed by atoms with Gasteiger partial charge in [-0.15, -0.1) is 0 Å². The molecule has 0 unspecified atom stereocenters. The number of carbonyl (C=O) groups is 1. The molecule has 4 nitrogen and oxygen atoms in total. The van der Waals surface area contributed by atoms with Gasteiger partial charge in [0.05, 0.1) is 12.2 Å². The quantitative estimate of drug-likeness (QED) is 0.645. The highest BCUT2D eigenvalue weighted by molar-refractivity contribution is 5.75. The second kappa shape index (κ2) is 3.49. The van der Waals surface area contributed by atoms with Crippen LogP contribution in [0.15, 0.2) is 36.4 Å². The van der Waals surface area contributed by atoms with Crippen LogP contribution in [-0.4, -0.2) is 22.5 Å². The Morgan fingerprint density at radius 2 is 2.43 bits per heavy atom. The molecule has 0 spiro atoms. The molecule has 2 heterocycles. The summed E-state index contributed by atoms with van der Waals surface area (Å²) in [7, 11) is 0. The fourth-order valence-corrected chi connectivity index (χ4v) is 1.34. The second-order valence-electron chi connectivity index (χ2n) is 3.19. The van der Waals surface area contributed by atoms with Gasteiger partial charge in [-0.05, 0) is 13.0 Å². The van der Waals surface area contributed by atoms with Crippen molar-refractivity contribution in [2.75, 3.05) is 11.6 Å². The lowest BCUT2D eigenvalue weighted by Gasteiger charge is -2.23. The van der Waals surface area contributed by atoms with E-state index in [4.69, 9.17) is 0 Å². The smallest absolute Gasteiger partial charge is 0.147 e. The van der Waals surface area contributed by atoms with Gasteiger partial charge in [0.2, 0.25) is 0 Å². The summed E-state index contributed by atoms with van der Waals surface area (Å²) in [6.45, 7) is 2.52. The maximum atomic E-state index is 10.6. The first kappa shape index (κ1) is 8.74. The summed E-state index contributed by atoms with van der Waals surface area (Å²) >= 11 is 0. The minimum Gasteiger partial charge on any atom is -0.298 e. The largest absolute Gasteiger partial charge is 0.298 e. The zero-order valence-electron chi connectivity index (χ0n) is 7.92. The van der Waals surface area contributed by atoms with Gasteiger partial charge in [0.25, 0.3) is 0 Å². The zero-order chi connectivity index (χ0) is 9.97. The highest BCUT2D eigenvalue weighted by atomic mass is 16.1. The van der Waals surface area contributed by atoms with Gasteiger partial charge in [-0.2, -0.15) is 0 Å². The number of hydrogen-bond acceptors (Lipinski definition) is 3. The van der Waals surface area contributed by atoms with E-state index < -0.39 is 0 Å². The number of allylic oxidation sites excluding steroid dienone is 2. The van der Waals surface area contributed by atoms with Gasteiger partial charge < -0.3 is 0 Å². The monoisotopic (exact) mass is 189 g/mol. The first-order chi connectivity index (χ1) is 6.79. The lowest BCUT2D eigenvalue weighted by molar-refractivity contribution is -0.104. The van der Waals surface area contributed by atoms with Crippen molar-refractivity contribution in [2.45, 2.75) is 6.92 Å². The van der Waals surface area contributed by atoms with Gasteiger partial charge in [0.1, 0.15) is 12.6 Å². The van der Waals surface area contributed by atoms with E-state index in [0.717, 1.165) is 17.6 Å². The minimum atomic E-state index is 0.593. The summed E-state index contributed by atoms with van der Waals surface area (Å²) < 4.78 is 1.86. The fraction of sp³-hybridized carbons (Fsp3) is 0.200. The molecule has 1 aliphatic heterocycles. The Hall–Kier alpha value is -1.84. The number of aldehydes is 1. The van der Waals surface area contributed by atoms with Crippen LogP contribution < -0.4 is 5.01 Å². The molecule has 0 saturated carbocycles. The topological polar surface area (TPSA) is 38.1 Å². The fourth-order valence-electron chi connectivity index (χ4n) is 1.34. The van der Waals surface area contributed by atoms with Crippen LogP contribution in [0.5, 0.6) is 0 Å². The summed E-state index contributed by atoms with van der Waals surface area (Å²) in [5.74, 6) is 0. The zero-order valence-corrected chi connectivity index (χ0v) is 7.92. The van der Waals surface area contributed by atoms with Gasteiger partial charge >= 0.3 is 0 Å². The highest BCUT2D eigenvalue weighted by Gasteiger charge is 2.08. The van der Waals surface area contributed by atoms with E-state index in [1.165, 1.54) is 0 Å². The first-order valence-corrected chi connectivity index (χ1v) is 4.39. The Balaban J connectivity index is 2.19. The van der Waals surface area contributed by atoms with Gasteiger partial charge in [0.15, 0.2) is 0 Å². The first-order valence-electron chi connectivity index (χ1n) is 4.39. The maximum absolute atomic E-state index is 10.6. The number of aryl methyl sites for hydroxylation is 1. The van der Waals surface area contributed by atoms with E-state index in [1.54, 1.807) is 6.33 Å². The Labute approximate surface area is 82.1 Å². The molecule has 0 bridgehead atoms. The van der Waals surface area contributed by atoms with E-state index in [-0.39, 0.29) is 0 Å². The van der Waals surface area contributed by atoms with Crippen LogP contribution in [0.1, 0.15) is 5.69 Å². The van der Waals surface area contributed by atoms with E-state index in [9.17, 15) is 4.79 Å². The number of rotatable bonds is 2. The molecule has 1 aromatic rings. The van der Waals surface area contributed by atoms with Crippen LogP contribution in [0, 0.1) is 6.92 Å². The molecule has 1 aliphatic rings. The summed E-state index contributed by atoms with van der Waals surface area (Å²) in [5.41, 5.74) is 1.72. The van der Waals surface area contributed by atoms with Crippen molar-refractivity contribution in [2.24, 2.45) is 0 Å². The lowest BCUT2D eigenvalue weighted by atomic mass is 10.2. The molecule has 0 N–H and O–H groups in total. The molecule has 0 saturated heterocycles. The highest BCUT2D eigenvalue weighted by Crippen LogP contribution is 2.05. The van der Waals surface area contributed by atoms with Crippen molar-refractivity contribution < 1.29 is 4.79 Å². The van der Waals surface area contributed by atoms with Crippen LogP contribution in [0.2, 0.25) is 0 Å². The Bertz CT molecular complexity index is 403. The van der Waals surface area contributed by atoms with Crippen LogP contribution in [0.25, 0.3) is 0 Å². The molecule has 72 valence electrons. The molecule has 0 aromatic carbocycles. The van der Waals surface area contributed by atoms with Crippen molar-refractivity contribution in [1.82, 2.24) is 9.66 Å². The third kappa shape index (κ3) is 1.59. The van der Waals surface area contributed by atoms with Crippen LogP contribution in [0.4, 0.5) is 0 Å². The summed E-state index contributed by atoms with van der Waals surface area (Å²) in [5, 5.41) is 1.92. The standard InChI is InChI=1S/C10H11N3O/c1-9-5-13(8-11-9)12-4-2-3-10(6-12)7-14/h2-5,7-8H,6H2,1H3. The van der Waals surface area contributed by atoms with Crippen molar-refractivity contribution >= 4 is 6.29 Å². The van der Waals surface area contributed by atoms with Crippen molar-refractivity contribution in [3.05, 3.63) is 42.1 Å². The molecule has 0 amide bonds. The van der Waals surface area contributed by atoms with Crippen LogP contribution >= 0.6 is 0 Å². The van der Waals surface area contributed by atoms with Crippen molar-refractivity contribution in [1.29, 1.82) is 0 Å². The molecule has 0 fully saturated rings. The number of aromatic nitrogens is 2. The second-order valence-corrected chi connectivity index (χ2v) is 3.19. The Morgan fingerprint density at radius 1 is 1.57 bits per heavy atom. The average molecular weight is 189 g/mol. The van der Waals surface area contributed by atoms with Crippen molar-refractivity contribution in [3.8, 4) is 0 Å². The molecule has 1 aromatic heterocycles. The van der Waals surface area contributed by atoms with Crippen LogP contribution in [0.3, 0.4) is 0 Å². The summed E-state index contributed by atoms with van der Waals surface area (Å²) in [6.07, 6.45) is 10.1. The predicted octanol–water partition coefficient (Wildman–Crippen LogP) is 0.782. The summed E-state index contributed by atoms with van der Waals surface area (Å²) in [6, 6.07) is 0. The summed E-state index contributed by atoms with van der Waals surface area (Å²) in [4.78, 5) is 14.7. The van der Waals surface area contributed by atoms with E-state index in [0.29, 0.717) is 6.54 Å². The molecule has 14 heavy (non-hydrogen) atoms. The minimum absolute atomic E-state index is 0.593. The number of nitrogens with zero attached hydrogens (tertiary/aromatic N) is 3. The van der Waals surface area contributed by atoms with Gasteiger partial charge in [-0.3, -0.25) is 9.80 Å². The molecule has 2 rings (SSSR count). The lowest BCUT2D eigenvalue weighted by Crippen LogP contribution is -2.31. The van der Waals surface area contributed by atoms with Crippen molar-refractivity contribution in [3.63, 3.8) is 0 Å². The van der Waals surface area contributed by atoms with E-state index in [2.05, 4.69) is 4.98 Å². The molecule has 0 aliphatic carbocycles. The molecule has 4 heteroatoms. The van der Waals surface area contributed by atoms with E-state index in [1.807, 2.05) is 41.2 Å². The molecule has 0 atom stereocenters. The number of carbonyl (C=O) groups excluding carboxylic acids is 1. The van der Waals surface area contributed by atoms with Crippen LogP contribution in [-0.2, 0) is 4.79 Å². The Morgan fingerprint density at radius 3 is 3.07 bits per heavy atom. The maximum Gasteiger partial charge on any atom is 0.147 e. The molecular formula is C10H11N3O. The third-order valence-corrected chi connectivity index (χ3v) is 2.06. The van der Waals surface area contributed by atoms with E-state index >= 15 is 0 Å². The Kier molecular flexibility index (Phi) is 2.18. The average Bonchev–Trinajstić information content (AvgIpc) is 2.65. The number of hydrogen-bond donors (Lipinski definition) is 0. The normalized spacial score (nSPS) is 15.5. The number of imidazole rings is 1. The SMILES string of the molecule is Cc1cn(N2C=CC=C(C=O)C2)cn1. The molecule has 0 radical (unpaired) electrons. The predicted molar refractivity (Wildman–Crippen MR) is 53.3 cm³/mol. The van der Waals surface area contributed by atoms with Gasteiger partial charge in [-0.25, -0.2) is 9.66 Å².